The van der Waals surface area contributed by atoms with E-state index in [0.29, 0.717) is 20.2 Å². The summed E-state index contributed by atoms with van der Waals surface area (Å²) in [6.45, 7) is 0. The smallest absolute Gasteiger partial charge is 0.266 e. The Bertz CT molecular complexity index is 1060. The van der Waals surface area contributed by atoms with Gasteiger partial charge in [0.05, 0.1) is 10.6 Å². The van der Waals surface area contributed by atoms with E-state index in [4.69, 9.17) is 11.6 Å². The third-order valence-electron chi connectivity index (χ3n) is 3.95. The second kappa shape index (κ2) is 7.68. The minimum Gasteiger partial charge on any atom is -0.289 e. The van der Waals surface area contributed by atoms with Crippen molar-refractivity contribution in [2.24, 2.45) is 4.99 Å². The average Bonchev–Trinajstić information content (AvgIpc) is 3.25. The van der Waals surface area contributed by atoms with Crippen molar-refractivity contribution >= 4 is 57.0 Å². The van der Waals surface area contributed by atoms with Crippen LogP contribution in [0.3, 0.4) is 0 Å². The van der Waals surface area contributed by atoms with Crippen LogP contribution in [0.1, 0.15) is 5.56 Å². The zero-order valence-electron chi connectivity index (χ0n) is 14.3. The van der Waals surface area contributed by atoms with E-state index in [9.17, 15) is 4.79 Å². The molecule has 0 bridgehead atoms. The van der Waals surface area contributed by atoms with Crippen molar-refractivity contribution in [3.8, 4) is 11.3 Å². The summed E-state index contributed by atoms with van der Waals surface area (Å²) in [4.78, 5) is 23.8. The lowest BCUT2D eigenvalue weighted by Gasteiger charge is -2.05. The number of likely N-dealkylation sites (N-methyl/N-ethyl adjacent to an activating group) is 1. The van der Waals surface area contributed by atoms with Crippen LogP contribution >= 0.6 is 34.7 Å². The Hall–Kier alpha value is -2.41. The zero-order chi connectivity index (χ0) is 18.8. The van der Waals surface area contributed by atoms with Crippen molar-refractivity contribution in [3.63, 3.8) is 0 Å². The number of rotatable bonds is 3. The van der Waals surface area contributed by atoms with Gasteiger partial charge in [0.2, 0.25) is 5.13 Å². The highest BCUT2D eigenvalue weighted by atomic mass is 35.5. The van der Waals surface area contributed by atoms with E-state index >= 15 is 0 Å². The minimum absolute atomic E-state index is 0.0986. The van der Waals surface area contributed by atoms with Gasteiger partial charge in [-0.25, -0.2) is 4.98 Å². The molecule has 134 valence electrons. The van der Waals surface area contributed by atoms with Crippen molar-refractivity contribution < 1.29 is 4.79 Å². The molecule has 1 aromatic heterocycles. The molecular weight excluding hydrogens is 398 g/mol. The van der Waals surface area contributed by atoms with E-state index in [1.165, 1.54) is 28.0 Å². The number of thioether (sulfide) groups is 1. The summed E-state index contributed by atoms with van der Waals surface area (Å²) in [5.74, 6) is -0.0986. The van der Waals surface area contributed by atoms with Crippen LogP contribution in [0, 0.1) is 0 Å². The fraction of sp³-hybridized carbons (Fsp3) is 0.0500. The number of thiazole rings is 1. The molecule has 0 radical (unpaired) electrons. The summed E-state index contributed by atoms with van der Waals surface area (Å²) in [5, 5.41) is 3.80. The predicted molar refractivity (Wildman–Crippen MR) is 114 cm³/mol. The van der Waals surface area contributed by atoms with E-state index < -0.39 is 0 Å². The maximum absolute atomic E-state index is 12.5. The van der Waals surface area contributed by atoms with Crippen LogP contribution in [0.15, 0.2) is 69.9 Å². The molecule has 1 aliphatic heterocycles. The summed E-state index contributed by atoms with van der Waals surface area (Å²) in [6, 6.07) is 17.4. The molecule has 0 unspecified atom stereocenters. The van der Waals surface area contributed by atoms with Crippen LogP contribution in [-0.2, 0) is 4.79 Å². The number of aliphatic imine (C=N–C) groups is 1. The van der Waals surface area contributed by atoms with Crippen LogP contribution in [-0.4, -0.2) is 28.0 Å². The first kappa shape index (κ1) is 18.0. The summed E-state index contributed by atoms with van der Waals surface area (Å²) < 4.78 is 0. The van der Waals surface area contributed by atoms with Crippen LogP contribution in [0.2, 0.25) is 5.02 Å². The van der Waals surface area contributed by atoms with Crippen LogP contribution in [0.5, 0.6) is 0 Å². The molecule has 4 rings (SSSR count). The molecule has 7 heteroatoms. The standard InChI is InChI=1S/C20H14ClN3OS2/c1-24-18(25)17(11-14-9-5-6-10-15(14)21)27-20(24)23-19-22-16(12-26-19)13-7-3-2-4-8-13/h2-12H,1H3/b17-11-,23-20+. The maximum atomic E-state index is 12.5. The Kier molecular flexibility index (Phi) is 5.11. The molecule has 1 aliphatic rings. The van der Waals surface area contributed by atoms with Gasteiger partial charge in [-0.2, -0.15) is 4.99 Å². The quantitative estimate of drug-likeness (QED) is 0.519. The number of hydrogen-bond donors (Lipinski definition) is 0. The number of nitrogens with zero attached hydrogens (tertiary/aromatic N) is 3. The maximum Gasteiger partial charge on any atom is 0.266 e. The molecule has 1 amide bonds. The summed E-state index contributed by atoms with van der Waals surface area (Å²) in [7, 11) is 1.72. The molecule has 1 fully saturated rings. The van der Waals surface area contributed by atoms with Gasteiger partial charge in [0.25, 0.3) is 5.91 Å². The number of benzene rings is 2. The largest absolute Gasteiger partial charge is 0.289 e. The van der Waals surface area contributed by atoms with Gasteiger partial charge in [-0.1, -0.05) is 60.1 Å². The molecule has 4 nitrogen and oxygen atoms in total. The summed E-state index contributed by atoms with van der Waals surface area (Å²) in [6.07, 6.45) is 1.80. The van der Waals surface area contributed by atoms with Gasteiger partial charge >= 0.3 is 0 Å². The van der Waals surface area contributed by atoms with E-state index in [2.05, 4.69) is 9.98 Å². The molecule has 0 spiro atoms. The van der Waals surface area contributed by atoms with Gasteiger partial charge in [-0.3, -0.25) is 9.69 Å². The highest BCUT2D eigenvalue weighted by Crippen LogP contribution is 2.35. The summed E-state index contributed by atoms with van der Waals surface area (Å²) in [5.41, 5.74) is 2.73. The van der Waals surface area contributed by atoms with Gasteiger partial charge in [0.15, 0.2) is 5.17 Å². The van der Waals surface area contributed by atoms with E-state index in [-0.39, 0.29) is 5.91 Å². The molecule has 27 heavy (non-hydrogen) atoms. The normalized spacial score (nSPS) is 17.3. The van der Waals surface area contributed by atoms with Crippen LogP contribution < -0.4 is 0 Å². The lowest BCUT2D eigenvalue weighted by molar-refractivity contribution is -0.121. The van der Waals surface area contributed by atoms with Crippen LogP contribution in [0.4, 0.5) is 5.13 Å². The van der Waals surface area contributed by atoms with Crippen molar-refractivity contribution in [2.75, 3.05) is 7.05 Å². The van der Waals surface area contributed by atoms with Gasteiger partial charge in [-0.05, 0) is 29.5 Å². The zero-order valence-corrected chi connectivity index (χ0v) is 16.7. The Balaban J connectivity index is 1.61. The number of halogens is 1. The van der Waals surface area contributed by atoms with Gasteiger partial charge in [-0.15, -0.1) is 11.3 Å². The predicted octanol–water partition coefficient (Wildman–Crippen LogP) is 5.70. The topological polar surface area (TPSA) is 45.6 Å². The number of amides is 1. The second-order valence-corrected chi connectivity index (χ2v) is 8.02. The Morgan fingerprint density at radius 2 is 1.85 bits per heavy atom. The van der Waals surface area contributed by atoms with Crippen molar-refractivity contribution in [3.05, 3.63) is 75.5 Å². The van der Waals surface area contributed by atoms with Crippen molar-refractivity contribution in [1.82, 2.24) is 9.88 Å². The number of amidine groups is 1. The lowest BCUT2D eigenvalue weighted by Crippen LogP contribution is -2.23. The molecule has 1 saturated heterocycles. The molecule has 2 heterocycles. The third-order valence-corrected chi connectivity index (χ3v) is 6.09. The highest BCUT2D eigenvalue weighted by Gasteiger charge is 2.30. The Labute approximate surface area is 170 Å². The molecule has 0 saturated carbocycles. The van der Waals surface area contributed by atoms with Gasteiger partial charge < -0.3 is 0 Å². The monoisotopic (exact) mass is 411 g/mol. The molecule has 2 aromatic carbocycles. The highest BCUT2D eigenvalue weighted by molar-refractivity contribution is 8.18. The minimum atomic E-state index is -0.0986. The van der Waals surface area contributed by atoms with Crippen LogP contribution in [0.25, 0.3) is 17.3 Å². The lowest BCUT2D eigenvalue weighted by atomic mass is 10.2. The molecule has 0 aliphatic carbocycles. The average molecular weight is 412 g/mol. The van der Waals surface area contributed by atoms with E-state index in [1.807, 2.05) is 53.9 Å². The number of carbonyl (C=O) groups excluding carboxylic acids is 1. The third kappa shape index (κ3) is 3.83. The van der Waals surface area contributed by atoms with Crippen molar-refractivity contribution in [1.29, 1.82) is 0 Å². The first-order chi connectivity index (χ1) is 13.1. The van der Waals surface area contributed by atoms with Gasteiger partial charge in [0.1, 0.15) is 0 Å². The SMILES string of the molecule is CN1C(=O)/C(=C/c2ccccc2Cl)S/C1=N/c1nc(-c2ccccc2)cs1. The second-order valence-electron chi connectivity index (χ2n) is 5.77. The van der Waals surface area contributed by atoms with Gasteiger partial charge in [0, 0.05) is 23.0 Å². The number of aromatic nitrogens is 1. The molecular formula is C20H14ClN3OS2. The van der Waals surface area contributed by atoms with E-state index in [1.54, 1.807) is 19.2 Å². The first-order valence-electron chi connectivity index (χ1n) is 8.13. The van der Waals surface area contributed by atoms with E-state index in [0.717, 1.165) is 16.8 Å². The molecule has 0 N–H and O–H groups in total. The van der Waals surface area contributed by atoms with Crippen molar-refractivity contribution in [2.45, 2.75) is 0 Å². The first-order valence-corrected chi connectivity index (χ1v) is 10.2. The Morgan fingerprint density at radius 3 is 2.63 bits per heavy atom. The number of carbonyl (C=O) groups is 1. The molecule has 0 atom stereocenters. The summed E-state index contributed by atoms with van der Waals surface area (Å²) >= 11 is 8.97. The number of hydrogen-bond acceptors (Lipinski definition) is 5. The Morgan fingerprint density at radius 1 is 1.11 bits per heavy atom. The fourth-order valence-electron chi connectivity index (χ4n) is 2.52. The molecule has 3 aromatic rings. The fourth-order valence-corrected chi connectivity index (χ4v) is 4.43.